The summed E-state index contributed by atoms with van der Waals surface area (Å²) in [5.41, 5.74) is 1.62. The Hall–Kier alpha value is -1.76. The van der Waals surface area contributed by atoms with Crippen LogP contribution in [0.4, 0.5) is 4.79 Å². The fourth-order valence-electron chi connectivity index (χ4n) is 2.33. The van der Waals surface area contributed by atoms with Gasteiger partial charge in [-0.2, -0.15) is 0 Å². The largest absolute Gasteiger partial charge is 0.495 e. The minimum absolute atomic E-state index is 0.249. The molecule has 0 spiro atoms. The highest BCUT2D eigenvalue weighted by atomic mass is 79.9. The predicted molar refractivity (Wildman–Crippen MR) is 104 cm³/mol. The summed E-state index contributed by atoms with van der Waals surface area (Å²) in [4.78, 5) is 26.4. The molecule has 0 radical (unpaired) electrons. The molecular formula is C18H13BrClNO3S. The zero-order valence-corrected chi connectivity index (χ0v) is 16.3. The van der Waals surface area contributed by atoms with Crippen LogP contribution in [0, 0.1) is 0 Å². The molecule has 3 rings (SSSR count). The van der Waals surface area contributed by atoms with Gasteiger partial charge in [0, 0.05) is 4.47 Å². The molecule has 0 aromatic heterocycles. The minimum atomic E-state index is -0.301. The standard InChI is InChI=1S/C18H13BrClNO3S/c1-24-15-7-4-12(8-14(15)20)9-16-17(22)21(18(23)25-16)10-11-2-5-13(19)6-3-11/h2-9H,10H2,1H3/b16-9-. The quantitative estimate of drug-likeness (QED) is 0.604. The lowest BCUT2D eigenvalue weighted by Gasteiger charge is -2.12. The molecule has 1 aliphatic rings. The first-order valence-electron chi connectivity index (χ1n) is 7.31. The second kappa shape index (κ2) is 7.64. The second-order valence-electron chi connectivity index (χ2n) is 5.29. The van der Waals surface area contributed by atoms with E-state index in [1.807, 2.05) is 24.3 Å². The molecule has 1 saturated heterocycles. The van der Waals surface area contributed by atoms with Gasteiger partial charge in [-0.3, -0.25) is 14.5 Å². The topological polar surface area (TPSA) is 46.6 Å². The number of halogens is 2. The molecule has 0 aliphatic carbocycles. The van der Waals surface area contributed by atoms with E-state index >= 15 is 0 Å². The van der Waals surface area contributed by atoms with Gasteiger partial charge in [0.1, 0.15) is 5.75 Å². The fourth-order valence-corrected chi connectivity index (χ4v) is 3.70. The van der Waals surface area contributed by atoms with E-state index in [1.54, 1.807) is 24.3 Å². The highest BCUT2D eigenvalue weighted by Gasteiger charge is 2.34. The number of hydrogen-bond donors (Lipinski definition) is 0. The summed E-state index contributed by atoms with van der Waals surface area (Å²) in [6.07, 6.45) is 1.66. The summed E-state index contributed by atoms with van der Waals surface area (Å²) in [7, 11) is 1.54. The molecule has 7 heteroatoms. The third-order valence-electron chi connectivity index (χ3n) is 3.60. The van der Waals surface area contributed by atoms with Crippen molar-refractivity contribution in [3.8, 4) is 5.75 Å². The molecule has 2 amide bonds. The number of amides is 2. The summed E-state index contributed by atoms with van der Waals surface area (Å²) in [6.45, 7) is 0.249. The van der Waals surface area contributed by atoms with Gasteiger partial charge < -0.3 is 4.74 Å². The number of ether oxygens (including phenoxy) is 1. The smallest absolute Gasteiger partial charge is 0.293 e. The lowest BCUT2D eigenvalue weighted by atomic mass is 10.2. The van der Waals surface area contributed by atoms with Gasteiger partial charge in [0.2, 0.25) is 0 Å². The number of rotatable bonds is 4. The van der Waals surface area contributed by atoms with Crippen molar-refractivity contribution in [2.45, 2.75) is 6.54 Å². The number of methoxy groups -OCH3 is 1. The molecule has 0 N–H and O–H groups in total. The molecule has 1 fully saturated rings. The third kappa shape index (κ3) is 4.08. The Labute approximate surface area is 162 Å². The van der Waals surface area contributed by atoms with Gasteiger partial charge in [0.25, 0.3) is 11.1 Å². The van der Waals surface area contributed by atoms with Gasteiger partial charge in [-0.1, -0.05) is 45.7 Å². The molecule has 1 aliphatic heterocycles. The lowest BCUT2D eigenvalue weighted by molar-refractivity contribution is -0.123. The molecule has 0 bridgehead atoms. The van der Waals surface area contributed by atoms with Gasteiger partial charge in [-0.25, -0.2) is 0 Å². The van der Waals surface area contributed by atoms with E-state index in [9.17, 15) is 9.59 Å². The molecular weight excluding hydrogens is 426 g/mol. The predicted octanol–water partition coefficient (Wildman–Crippen LogP) is 5.35. The van der Waals surface area contributed by atoms with Crippen LogP contribution >= 0.6 is 39.3 Å². The monoisotopic (exact) mass is 437 g/mol. The second-order valence-corrected chi connectivity index (χ2v) is 7.60. The lowest BCUT2D eigenvalue weighted by Crippen LogP contribution is -2.27. The van der Waals surface area contributed by atoms with Crippen molar-refractivity contribution in [2.24, 2.45) is 0 Å². The molecule has 2 aromatic carbocycles. The summed E-state index contributed by atoms with van der Waals surface area (Å²) in [5, 5.41) is 0.170. The van der Waals surface area contributed by atoms with E-state index in [2.05, 4.69) is 15.9 Å². The Bertz CT molecular complexity index is 867. The van der Waals surface area contributed by atoms with Crippen molar-refractivity contribution in [1.29, 1.82) is 0 Å². The van der Waals surface area contributed by atoms with Crippen LogP contribution in [0.3, 0.4) is 0 Å². The van der Waals surface area contributed by atoms with Crippen LogP contribution in [0.5, 0.6) is 5.75 Å². The number of imide groups is 1. The molecule has 0 saturated carbocycles. The van der Waals surface area contributed by atoms with Gasteiger partial charge in [-0.05, 0) is 53.2 Å². The van der Waals surface area contributed by atoms with Crippen LogP contribution in [0.25, 0.3) is 6.08 Å². The van der Waals surface area contributed by atoms with E-state index in [-0.39, 0.29) is 17.7 Å². The van der Waals surface area contributed by atoms with E-state index < -0.39 is 0 Å². The number of benzene rings is 2. The summed E-state index contributed by atoms with van der Waals surface area (Å²) in [5.74, 6) is 0.256. The number of carbonyl (C=O) groups is 2. The maximum Gasteiger partial charge on any atom is 0.293 e. The average Bonchev–Trinajstić information content (AvgIpc) is 2.84. The minimum Gasteiger partial charge on any atom is -0.495 e. The molecule has 0 atom stereocenters. The summed E-state index contributed by atoms with van der Waals surface area (Å²) >= 11 is 10.4. The molecule has 128 valence electrons. The van der Waals surface area contributed by atoms with Gasteiger partial charge in [-0.15, -0.1) is 0 Å². The van der Waals surface area contributed by atoms with E-state index in [1.165, 1.54) is 12.0 Å². The maximum atomic E-state index is 12.5. The van der Waals surface area contributed by atoms with Crippen LogP contribution in [0.15, 0.2) is 51.8 Å². The Morgan fingerprint density at radius 2 is 1.92 bits per heavy atom. The van der Waals surface area contributed by atoms with E-state index in [0.29, 0.717) is 15.7 Å². The molecule has 0 unspecified atom stereocenters. The fraction of sp³-hybridized carbons (Fsp3) is 0.111. The van der Waals surface area contributed by atoms with Crippen molar-refractivity contribution in [2.75, 3.05) is 7.11 Å². The first kappa shape index (κ1) is 18.0. The summed E-state index contributed by atoms with van der Waals surface area (Å²) in [6, 6.07) is 12.7. The zero-order chi connectivity index (χ0) is 18.0. The normalized spacial score (nSPS) is 16.0. The molecule has 4 nitrogen and oxygen atoms in total. The van der Waals surface area contributed by atoms with E-state index in [0.717, 1.165) is 27.4 Å². The first-order valence-corrected chi connectivity index (χ1v) is 9.30. The first-order chi connectivity index (χ1) is 12.0. The number of thioether (sulfide) groups is 1. The van der Waals surface area contributed by atoms with Crippen molar-refractivity contribution in [3.05, 3.63) is 68.0 Å². The van der Waals surface area contributed by atoms with Crippen molar-refractivity contribution >= 4 is 56.5 Å². The summed E-state index contributed by atoms with van der Waals surface area (Å²) < 4.78 is 6.06. The van der Waals surface area contributed by atoms with Crippen LogP contribution in [0.2, 0.25) is 5.02 Å². The van der Waals surface area contributed by atoms with E-state index in [4.69, 9.17) is 16.3 Å². The Morgan fingerprint density at radius 1 is 1.20 bits per heavy atom. The zero-order valence-electron chi connectivity index (χ0n) is 13.2. The van der Waals surface area contributed by atoms with Gasteiger partial charge in [0.15, 0.2) is 0 Å². The molecule has 25 heavy (non-hydrogen) atoms. The van der Waals surface area contributed by atoms with Gasteiger partial charge in [0.05, 0.1) is 23.6 Å². The maximum absolute atomic E-state index is 12.5. The van der Waals surface area contributed by atoms with Crippen LogP contribution in [0.1, 0.15) is 11.1 Å². The number of hydrogen-bond acceptors (Lipinski definition) is 4. The highest BCUT2D eigenvalue weighted by molar-refractivity contribution is 9.10. The molecule has 2 aromatic rings. The molecule has 1 heterocycles. The van der Waals surface area contributed by atoms with Crippen molar-refractivity contribution in [1.82, 2.24) is 4.90 Å². The van der Waals surface area contributed by atoms with Crippen LogP contribution in [-0.2, 0) is 11.3 Å². The highest BCUT2D eigenvalue weighted by Crippen LogP contribution is 2.34. The van der Waals surface area contributed by atoms with Crippen molar-refractivity contribution in [3.63, 3.8) is 0 Å². The SMILES string of the molecule is COc1ccc(/C=C2\SC(=O)N(Cc3ccc(Br)cc3)C2=O)cc1Cl. The number of carbonyl (C=O) groups excluding carboxylic acids is 2. The number of nitrogens with zero attached hydrogens (tertiary/aromatic N) is 1. The Morgan fingerprint density at radius 3 is 2.56 bits per heavy atom. The van der Waals surface area contributed by atoms with Gasteiger partial charge >= 0.3 is 0 Å². The average molecular weight is 439 g/mol. The van der Waals surface area contributed by atoms with Crippen LogP contribution in [-0.4, -0.2) is 23.2 Å². The third-order valence-corrected chi connectivity index (χ3v) is 5.33. The Kier molecular flexibility index (Phi) is 5.51. The van der Waals surface area contributed by atoms with Crippen molar-refractivity contribution < 1.29 is 14.3 Å². The van der Waals surface area contributed by atoms with Crippen LogP contribution < -0.4 is 4.74 Å². The Balaban J connectivity index is 1.80.